The molecule has 146 valence electrons. The molecule has 0 spiro atoms. The van der Waals surface area contributed by atoms with E-state index in [1.807, 2.05) is 29.2 Å². The molecule has 3 rings (SSSR count). The number of rotatable bonds is 6. The molecule has 1 aromatic heterocycles. The van der Waals surface area contributed by atoms with Gasteiger partial charge in [0.15, 0.2) is 0 Å². The number of aromatic amines is 1. The number of piperazine rings is 1. The Morgan fingerprint density at radius 2 is 2.00 bits per heavy atom. The van der Waals surface area contributed by atoms with E-state index in [2.05, 4.69) is 27.2 Å². The van der Waals surface area contributed by atoms with Gasteiger partial charge in [0.25, 0.3) is 0 Å². The van der Waals surface area contributed by atoms with Crippen molar-refractivity contribution in [3.05, 3.63) is 48.0 Å². The van der Waals surface area contributed by atoms with Crippen LogP contribution in [0.3, 0.4) is 0 Å². The lowest BCUT2D eigenvalue weighted by molar-refractivity contribution is -0.132. The summed E-state index contributed by atoms with van der Waals surface area (Å²) >= 11 is 0. The fraction of sp³-hybridized carbons (Fsp3) is 0.421. The van der Waals surface area contributed by atoms with Crippen LogP contribution in [0.25, 0.3) is 0 Å². The molecule has 2 N–H and O–H groups in total. The number of aryl methyl sites for hydroxylation is 1. The van der Waals surface area contributed by atoms with E-state index in [0.29, 0.717) is 19.3 Å². The number of likely N-dealkylation sites (N-methyl/N-ethyl adjacent to an activating group) is 1. The number of benzene rings is 1. The average molecular weight is 392 g/mol. The first-order valence-electron chi connectivity index (χ1n) is 8.92. The van der Waals surface area contributed by atoms with E-state index >= 15 is 0 Å². The predicted octanol–water partition coefficient (Wildman–Crippen LogP) is 1.72. The number of halogens is 1. The Labute approximate surface area is 165 Å². The van der Waals surface area contributed by atoms with Crippen LogP contribution in [0, 0.1) is 0 Å². The van der Waals surface area contributed by atoms with Gasteiger partial charge in [-0.2, -0.15) is 0 Å². The van der Waals surface area contributed by atoms with Crippen LogP contribution in [0.5, 0.6) is 0 Å². The highest BCUT2D eigenvalue weighted by Crippen LogP contribution is 2.13. The summed E-state index contributed by atoms with van der Waals surface area (Å²) < 4.78 is 0. The number of carbonyl (C=O) groups excluding carboxylic acids is 2. The zero-order valence-electron chi connectivity index (χ0n) is 15.5. The van der Waals surface area contributed by atoms with Crippen LogP contribution in [-0.2, 0) is 22.4 Å². The monoisotopic (exact) mass is 391 g/mol. The highest BCUT2D eigenvalue weighted by Gasteiger charge is 2.19. The molecule has 1 aromatic carbocycles. The zero-order valence-corrected chi connectivity index (χ0v) is 16.3. The number of nitrogens with zero attached hydrogens (tertiary/aromatic N) is 3. The molecular formula is C19H26ClN5O2. The molecule has 1 fully saturated rings. The standard InChI is InChI=1S/C19H25N5O2.ClH/c1-23-7-9-24(10-8-23)19(26)12-15-3-2-4-16(11-15)22-18(25)6-5-17-13-20-14-21-17;/h2-4,11,13-14H,5-10,12H2,1H3,(H,20,21)(H,22,25);1H. The molecule has 1 aliphatic rings. The van der Waals surface area contributed by atoms with Gasteiger partial charge >= 0.3 is 0 Å². The normalized spacial score (nSPS) is 14.5. The molecule has 0 atom stereocenters. The van der Waals surface area contributed by atoms with Crippen molar-refractivity contribution in [2.75, 3.05) is 38.5 Å². The number of amides is 2. The molecule has 1 saturated heterocycles. The van der Waals surface area contributed by atoms with E-state index in [0.717, 1.165) is 43.1 Å². The van der Waals surface area contributed by atoms with Crippen molar-refractivity contribution < 1.29 is 9.59 Å². The average Bonchev–Trinajstić information content (AvgIpc) is 3.14. The topological polar surface area (TPSA) is 81.3 Å². The SMILES string of the molecule is CN1CCN(C(=O)Cc2cccc(NC(=O)CCc3cnc[nH]3)c2)CC1.Cl. The number of carbonyl (C=O) groups is 2. The van der Waals surface area contributed by atoms with E-state index in [-0.39, 0.29) is 24.2 Å². The van der Waals surface area contributed by atoms with Crippen molar-refractivity contribution in [3.63, 3.8) is 0 Å². The number of imidazole rings is 1. The van der Waals surface area contributed by atoms with Crippen LogP contribution in [-0.4, -0.2) is 64.8 Å². The molecule has 27 heavy (non-hydrogen) atoms. The van der Waals surface area contributed by atoms with Crippen LogP contribution < -0.4 is 5.32 Å². The van der Waals surface area contributed by atoms with Gasteiger partial charge in [0.2, 0.25) is 11.8 Å². The lowest BCUT2D eigenvalue weighted by Crippen LogP contribution is -2.47. The van der Waals surface area contributed by atoms with Gasteiger partial charge in [-0.1, -0.05) is 12.1 Å². The molecule has 0 unspecified atom stereocenters. The fourth-order valence-electron chi connectivity index (χ4n) is 2.99. The first-order valence-corrected chi connectivity index (χ1v) is 8.92. The lowest BCUT2D eigenvalue weighted by Gasteiger charge is -2.32. The van der Waals surface area contributed by atoms with Gasteiger partial charge in [-0.25, -0.2) is 4.98 Å². The van der Waals surface area contributed by atoms with Crippen LogP contribution in [0.4, 0.5) is 5.69 Å². The third-order valence-corrected chi connectivity index (χ3v) is 4.60. The van der Waals surface area contributed by atoms with E-state index < -0.39 is 0 Å². The maximum atomic E-state index is 12.5. The van der Waals surface area contributed by atoms with E-state index in [1.165, 1.54) is 0 Å². The fourth-order valence-corrected chi connectivity index (χ4v) is 2.99. The Morgan fingerprint density at radius 3 is 2.70 bits per heavy atom. The first-order chi connectivity index (χ1) is 12.6. The Balaban J connectivity index is 0.00000261. The second kappa shape index (κ2) is 10.1. The summed E-state index contributed by atoms with van der Waals surface area (Å²) in [5.41, 5.74) is 2.58. The van der Waals surface area contributed by atoms with E-state index in [1.54, 1.807) is 12.5 Å². The van der Waals surface area contributed by atoms with E-state index in [4.69, 9.17) is 0 Å². The Bertz CT molecular complexity index is 742. The van der Waals surface area contributed by atoms with Crippen molar-refractivity contribution in [1.29, 1.82) is 0 Å². The second-order valence-corrected chi connectivity index (χ2v) is 6.69. The van der Waals surface area contributed by atoms with Crippen molar-refractivity contribution in [1.82, 2.24) is 19.8 Å². The van der Waals surface area contributed by atoms with Gasteiger partial charge in [-0.05, 0) is 31.2 Å². The quantitative estimate of drug-likeness (QED) is 0.785. The summed E-state index contributed by atoms with van der Waals surface area (Å²) in [6.45, 7) is 3.38. The summed E-state index contributed by atoms with van der Waals surface area (Å²) in [6, 6.07) is 7.52. The Hall–Kier alpha value is -2.38. The summed E-state index contributed by atoms with van der Waals surface area (Å²) in [7, 11) is 2.07. The number of nitrogens with one attached hydrogen (secondary N) is 2. The molecule has 8 heteroatoms. The molecule has 2 amide bonds. The number of hydrogen-bond acceptors (Lipinski definition) is 4. The van der Waals surface area contributed by atoms with Crippen molar-refractivity contribution >= 4 is 29.9 Å². The van der Waals surface area contributed by atoms with Gasteiger partial charge in [-0.3, -0.25) is 9.59 Å². The number of hydrogen-bond donors (Lipinski definition) is 2. The third-order valence-electron chi connectivity index (χ3n) is 4.60. The van der Waals surface area contributed by atoms with Crippen LogP contribution in [0.15, 0.2) is 36.8 Å². The highest BCUT2D eigenvalue weighted by atomic mass is 35.5. The van der Waals surface area contributed by atoms with Crippen molar-refractivity contribution in [3.8, 4) is 0 Å². The van der Waals surface area contributed by atoms with Gasteiger partial charge in [0.1, 0.15) is 0 Å². The van der Waals surface area contributed by atoms with Crippen molar-refractivity contribution in [2.24, 2.45) is 0 Å². The first kappa shape index (κ1) is 20.9. The lowest BCUT2D eigenvalue weighted by atomic mass is 10.1. The minimum atomic E-state index is -0.0536. The molecule has 0 saturated carbocycles. The molecule has 1 aliphatic heterocycles. The Kier molecular flexibility index (Phi) is 7.82. The molecule has 2 heterocycles. The van der Waals surface area contributed by atoms with Crippen LogP contribution in [0.2, 0.25) is 0 Å². The summed E-state index contributed by atoms with van der Waals surface area (Å²) in [5.74, 6) is 0.0861. The maximum Gasteiger partial charge on any atom is 0.227 e. The van der Waals surface area contributed by atoms with Gasteiger partial charge in [0.05, 0.1) is 12.7 Å². The largest absolute Gasteiger partial charge is 0.348 e. The summed E-state index contributed by atoms with van der Waals surface area (Å²) in [4.78, 5) is 35.6. The minimum Gasteiger partial charge on any atom is -0.348 e. The van der Waals surface area contributed by atoms with Gasteiger partial charge in [-0.15, -0.1) is 12.4 Å². The zero-order chi connectivity index (χ0) is 18.4. The summed E-state index contributed by atoms with van der Waals surface area (Å²) in [5, 5.41) is 2.90. The van der Waals surface area contributed by atoms with Crippen molar-refractivity contribution in [2.45, 2.75) is 19.3 Å². The molecule has 0 aliphatic carbocycles. The molecule has 0 bridgehead atoms. The molecular weight excluding hydrogens is 366 g/mol. The van der Waals surface area contributed by atoms with Crippen LogP contribution >= 0.6 is 12.4 Å². The maximum absolute atomic E-state index is 12.5. The summed E-state index contributed by atoms with van der Waals surface area (Å²) in [6.07, 6.45) is 4.69. The predicted molar refractivity (Wildman–Crippen MR) is 107 cm³/mol. The highest BCUT2D eigenvalue weighted by molar-refractivity contribution is 5.91. The number of aromatic nitrogens is 2. The minimum absolute atomic E-state index is 0. The number of H-pyrrole nitrogens is 1. The molecule has 0 radical (unpaired) electrons. The molecule has 7 nitrogen and oxygen atoms in total. The third kappa shape index (κ3) is 6.37. The van der Waals surface area contributed by atoms with Gasteiger partial charge in [0, 0.05) is 50.2 Å². The number of anilines is 1. The molecule has 2 aromatic rings. The Morgan fingerprint density at radius 1 is 1.22 bits per heavy atom. The second-order valence-electron chi connectivity index (χ2n) is 6.69. The van der Waals surface area contributed by atoms with Crippen LogP contribution in [0.1, 0.15) is 17.7 Å². The van der Waals surface area contributed by atoms with E-state index in [9.17, 15) is 9.59 Å². The van der Waals surface area contributed by atoms with Gasteiger partial charge < -0.3 is 20.1 Å². The smallest absolute Gasteiger partial charge is 0.227 e.